The molecule has 1 fully saturated rings. The standard InChI is InChI=1S/C20H24BNO3/c1-19(2)20(3,4)25-21(24-19)16-12-8-9-13-17(16)22-18(23)14-15-10-6-5-7-11-15/h5-13H,14H2,1-4H3,(H,22,23). The zero-order chi connectivity index (χ0) is 18.1. The van der Waals surface area contributed by atoms with Crippen LogP contribution in [0.2, 0.25) is 0 Å². The number of hydrogen-bond acceptors (Lipinski definition) is 3. The lowest BCUT2D eigenvalue weighted by Gasteiger charge is -2.32. The molecular formula is C20H24BNO3. The zero-order valence-corrected chi connectivity index (χ0v) is 15.2. The second kappa shape index (κ2) is 6.66. The number of rotatable bonds is 4. The summed E-state index contributed by atoms with van der Waals surface area (Å²) in [5, 5.41) is 2.99. The Balaban J connectivity index is 1.77. The Morgan fingerprint density at radius 3 is 2.12 bits per heavy atom. The predicted molar refractivity (Wildman–Crippen MR) is 101 cm³/mol. The van der Waals surface area contributed by atoms with Gasteiger partial charge in [0.25, 0.3) is 0 Å². The first kappa shape index (κ1) is 17.7. The van der Waals surface area contributed by atoms with Crippen LogP contribution >= 0.6 is 0 Å². The zero-order valence-electron chi connectivity index (χ0n) is 15.2. The summed E-state index contributed by atoms with van der Waals surface area (Å²) in [7, 11) is -0.502. The Labute approximate surface area is 149 Å². The van der Waals surface area contributed by atoms with Crippen molar-refractivity contribution in [1.82, 2.24) is 0 Å². The minimum atomic E-state index is -0.502. The Morgan fingerprint density at radius 1 is 0.920 bits per heavy atom. The van der Waals surface area contributed by atoms with Gasteiger partial charge in [0.15, 0.2) is 0 Å². The molecule has 1 aliphatic heterocycles. The number of carbonyl (C=O) groups excluding carboxylic acids is 1. The maximum Gasteiger partial charge on any atom is 0.496 e. The highest BCUT2D eigenvalue weighted by molar-refractivity contribution is 6.64. The van der Waals surface area contributed by atoms with Crippen LogP contribution in [0.15, 0.2) is 54.6 Å². The van der Waals surface area contributed by atoms with E-state index in [0.29, 0.717) is 6.42 Å². The van der Waals surface area contributed by atoms with Crippen molar-refractivity contribution in [3.8, 4) is 0 Å². The fourth-order valence-corrected chi connectivity index (χ4v) is 2.76. The monoisotopic (exact) mass is 337 g/mol. The van der Waals surface area contributed by atoms with E-state index in [2.05, 4.69) is 5.32 Å². The summed E-state index contributed by atoms with van der Waals surface area (Å²) < 4.78 is 12.2. The summed E-state index contributed by atoms with van der Waals surface area (Å²) in [5.74, 6) is -0.0600. The van der Waals surface area contributed by atoms with Gasteiger partial charge >= 0.3 is 7.12 Å². The summed E-state index contributed by atoms with van der Waals surface area (Å²) in [6.45, 7) is 8.07. The average molecular weight is 337 g/mol. The molecule has 1 N–H and O–H groups in total. The number of benzene rings is 2. The van der Waals surface area contributed by atoms with Crippen LogP contribution in [0.5, 0.6) is 0 Å². The number of nitrogens with one attached hydrogen (secondary N) is 1. The number of hydrogen-bond donors (Lipinski definition) is 1. The van der Waals surface area contributed by atoms with Crippen LogP contribution in [-0.2, 0) is 20.5 Å². The van der Waals surface area contributed by atoms with Crippen molar-refractivity contribution >= 4 is 24.2 Å². The predicted octanol–water partition coefficient (Wildman–Crippen LogP) is 3.17. The number of anilines is 1. The van der Waals surface area contributed by atoms with Crippen molar-refractivity contribution in [3.05, 3.63) is 60.2 Å². The number of carbonyl (C=O) groups is 1. The van der Waals surface area contributed by atoms with E-state index in [0.717, 1.165) is 16.7 Å². The maximum atomic E-state index is 12.4. The molecule has 0 bridgehead atoms. The van der Waals surface area contributed by atoms with Crippen molar-refractivity contribution in [3.63, 3.8) is 0 Å². The quantitative estimate of drug-likeness (QED) is 0.872. The summed E-state index contributed by atoms with van der Waals surface area (Å²) >= 11 is 0. The molecule has 0 aromatic heterocycles. The smallest absolute Gasteiger partial charge is 0.399 e. The topological polar surface area (TPSA) is 47.6 Å². The van der Waals surface area contributed by atoms with E-state index in [1.807, 2.05) is 82.3 Å². The first-order valence-electron chi connectivity index (χ1n) is 8.57. The molecule has 0 radical (unpaired) electrons. The van der Waals surface area contributed by atoms with Gasteiger partial charge in [0.1, 0.15) is 0 Å². The Hall–Kier alpha value is -2.11. The molecule has 5 heteroatoms. The molecule has 1 heterocycles. The average Bonchev–Trinajstić information content (AvgIpc) is 2.76. The molecule has 1 aliphatic rings. The molecule has 130 valence electrons. The fraction of sp³-hybridized carbons (Fsp3) is 0.350. The second-order valence-electron chi connectivity index (χ2n) is 7.39. The third-order valence-electron chi connectivity index (χ3n) is 4.95. The fourth-order valence-electron chi connectivity index (χ4n) is 2.76. The van der Waals surface area contributed by atoms with Crippen molar-refractivity contribution in [2.24, 2.45) is 0 Å². The molecule has 1 saturated heterocycles. The molecule has 0 unspecified atom stereocenters. The van der Waals surface area contributed by atoms with Gasteiger partial charge in [-0.15, -0.1) is 0 Å². The van der Waals surface area contributed by atoms with Crippen molar-refractivity contribution in [1.29, 1.82) is 0 Å². The molecule has 0 spiro atoms. The maximum absolute atomic E-state index is 12.4. The van der Waals surface area contributed by atoms with Gasteiger partial charge in [0.2, 0.25) is 5.91 Å². The molecular weight excluding hydrogens is 313 g/mol. The van der Waals surface area contributed by atoms with Gasteiger partial charge in [-0.05, 0) is 39.3 Å². The lowest BCUT2D eigenvalue weighted by molar-refractivity contribution is -0.115. The van der Waals surface area contributed by atoms with Crippen LogP contribution < -0.4 is 10.8 Å². The SMILES string of the molecule is CC1(C)OB(c2ccccc2NC(=O)Cc2ccccc2)OC1(C)C. The third kappa shape index (κ3) is 3.78. The van der Waals surface area contributed by atoms with Crippen molar-refractivity contribution < 1.29 is 14.1 Å². The minimum absolute atomic E-state index is 0.0600. The van der Waals surface area contributed by atoms with Gasteiger partial charge in [0.05, 0.1) is 17.6 Å². The highest BCUT2D eigenvalue weighted by Crippen LogP contribution is 2.36. The molecule has 3 rings (SSSR count). The van der Waals surface area contributed by atoms with E-state index in [1.54, 1.807) is 0 Å². The molecule has 0 saturated carbocycles. The summed E-state index contributed by atoms with van der Waals surface area (Å²) in [6, 6.07) is 17.3. The van der Waals surface area contributed by atoms with Crippen LogP contribution in [0, 0.1) is 0 Å². The van der Waals surface area contributed by atoms with Gasteiger partial charge in [-0.2, -0.15) is 0 Å². The number of para-hydroxylation sites is 1. The van der Waals surface area contributed by atoms with Crippen molar-refractivity contribution in [2.45, 2.75) is 45.3 Å². The number of amides is 1. The molecule has 2 aromatic rings. The largest absolute Gasteiger partial charge is 0.496 e. The van der Waals surface area contributed by atoms with E-state index < -0.39 is 18.3 Å². The molecule has 1 amide bonds. The Kier molecular flexibility index (Phi) is 4.72. The Morgan fingerprint density at radius 2 is 1.48 bits per heavy atom. The van der Waals surface area contributed by atoms with E-state index in [9.17, 15) is 4.79 Å². The van der Waals surface area contributed by atoms with Gasteiger partial charge in [-0.3, -0.25) is 4.79 Å². The highest BCUT2D eigenvalue weighted by Gasteiger charge is 2.52. The van der Waals surface area contributed by atoms with E-state index >= 15 is 0 Å². The van der Waals surface area contributed by atoms with Gasteiger partial charge in [-0.1, -0.05) is 48.5 Å². The van der Waals surface area contributed by atoms with Crippen molar-refractivity contribution in [2.75, 3.05) is 5.32 Å². The summed E-state index contributed by atoms with van der Waals surface area (Å²) in [6.07, 6.45) is 0.332. The molecule has 0 atom stereocenters. The van der Waals surface area contributed by atoms with E-state index in [-0.39, 0.29) is 5.91 Å². The summed E-state index contributed by atoms with van der Waals surface area (Å²) in [5.41, 5.74) is 1.70. The van der Waals surface area contributed by atoms with E-state index in [1.165, 1.54) is 0 Å². The molecule has 4 nitrogen and oxygen atoms in total. The summed E-state index contributed by atoms with van der Waals surface area (Å²) in [4.78, 5) is 12.4. The second-order valence-corrected chi connectivity index (χ2v) is 7.39. The van der Waals surface area contributed by atoms with Crippen LogP contribution in [0.3, 0.4) is 0 Å². The first-order chi connectivity index (χ1) is 11.8. The van der Waals surface area contributed by atoms with Gasteiger partial charge < -0.3 is 14.6 Å². The molecule has 25 heavy (non-hydrogen) atoms. The third-order valence-corrected chi connectivity index (χ3v) is 4.95. The van der Waals surface area contributed by atoms with E-state index in [4.69, 9.17) is 9.31 Å². The van der Waals surface area contributed by atoms with Crippen LogP contribution in [-0.4, -0.2) is 24.2 Å². The van der Waals surface area contributed by atoms with Crippen LogP contribution in [0.1, 0.15) is 33.3 Å². The van der Waals surface area contributed by atoms with Gasteiger partial charge in [-0.25, -0.2) is 0 Å². The normalized spacial score (nSPS) is 18.2. The minimum Gasteiger partial charge on any atom is -0.399 e. The van der Waals surface area contributed by atoms with Crippen LogP contribution in [0.25, 0.3) is 0 Å². The first-order valence-corrected chi connectivity index (χ1v) is 8.57. The lowest BCUT2D eigenvalue weighted by Crippen LogP contribution is -2.41. The molecule has 2 aromatic carbocycles. The molecule has 0 aliphatic carbocycles. The van der Waals surface area contributed by atoms with Gasteiger partial charge in [0, 0.05) is 11.2 Å². The van der Waals surface area contributed by atoms with Crippen LogP contribution in [0.4, 0.5) is 5.69 Å². The lowest BCUT2D eigenvalue weighted by atomic mass is 9.78. The highest BCUT2D eigenvalue weighted by atomic mass is 16.7. The Bertz CT molecular complexity index is 743.